The third kappa shape index (κ3) is 2.54. The van der Waals surface area contributed by atoms with Crippen LogP contribution in [0, 0.1) is 11.3 Å². The van der Waals surface area contributed by atoms with Crippen molar-refractivity contribution >= 4 is 11.4 Å². The summed E-state index contributed by atoms with van der Waals surface area (Å²) in [5.41, 5.74) is 7.70. The SMILES string of the molecule is CCC(C#N)N1CCN(c2ccncc2N)CC1. The Morgan fingerprint density at radius 3 is 2.72 bits per heavy atom. The van der Waals surface area contributed by atoms with E-state index in [0.717, 1.165) is 44.0 Å². The number of pyridine rings is 1. The van der Waals surface area contributed by atoms with E-state index in [2.05, 4.69) is 27.8 Å². The minimum atomic E-state index is 0.0435. The monoisotopic (exact) mass is 245 g/mol. The first-order chi connectivity index (χ1) is 8.76. The van der Waals surface area contributed by atoms with Gasteiger partial charge in [0.15, 0.2) is 0 Å². The van der Waals surface area contributed by atoms with Crippen LogP contribution in [0.15, 0.2) is 18.5 Å². The van der Waals surface area contributed by atoms with Crippen LogP contribution in [0.3, 0.4) is 0 Å². The molecule has 1 aliphatic heterocycles. The Kier molecular flexibility index (Phi) is 4.00. The lowest BCUT2D eigenvalue weighted by Gasteiger charge is -2.38. The minimum Gasteiger partial charge on any atom is -0.396 e. The van der Waals surface area contributed by atoms with Gasteiger partial charge in [0.2, 0.25) is 0 Å². The highest BCUT2D eigenvalue weighted by Crippen LogP contribution is 2.23. The number of piperazine rings is 1. The number of hydrogen-bond donors (Lipinski definition) is 1. The summed E-state index contributed by atoms with van der Waals surface area (Å²) < 4.78 is 0. The van der Waals surface area contributed by atoms with Gasteiger partial charge in [0.05, 0.1) is 29.7 Å². The van der Waals surface area contributed by atoms with Gasteiger partial charge < -0.3 is 10.6 Å². The summed E-state index contributed by atoms with van der Waals surface area (Å²) in [5, 5.41) is 9.07. The Morgan fingerprint density at radius 2 is 2.17 bits per heavy atom. The van der Waals surface area contributed by atoms with Gasteiger partial charge in [-0.3, -0.25) is 9.88 Å². The fourth-order valence-corrected chi connectivity index (χ4v) is 2.39. The van der Waals surface area contributed by atoms with Gasteiger partial charge in [-0.25, -0.2) is 0 Å². The van der Waals surface area contributed by atoms with Crippen molar-refractivity contribution in [3.8, 4) is 6.07 Å². The predicted octanol–water partition coefficient (Wildman–Crippen LogP) is 1.09. The van der Waals surface area contributed by atoms with Crippen molar-refractivity contribution < 1.29 is 0 Å². The molecule has 5 heteroatoms. The summed E-state index contributed by atoms with van der Waals surface area (Å²) in [6.07, 6.45) is 4.34. The molecule has 1 aromatic rings. The molecular weight excluding hydrogens is 226 g/mol. The third-order valence-corrected chi connectivity index (χ3v) is 3.46. The molecule has 1 unspecified atom stereocenters. The van der Waals surface area contributed by atoms with E-state index in [4.69, 9.17) is 11.0 Å². The summed E-state index contributed by atoms with van der Waals surface area (Å²) in [4.78, 5) is 8.51. The van der Waals surface area contributed by atoms with E-state index in [1.807, 2.05) is 6.07 Å². The second-order valence-electron chi connectivity index (χ2n) is 4.51. The third-order valence-electron chi connectivity index (χ3n) is 3.46. The van der Waals surface area contributed by atoms with Crippen LogP contribution < -0.4 is 10.6 Å². The summed E-state index contributed by atoms with van der Waals surface area (Å²) in [7, 11) is 0. The zero-order valence-corrected chi connectivity index (χ0v) is 10.7. The number of rotatable bonds is 3. The summed E-state index contributed by atoms with van der Waals surface area (Å²) in [5.74, 6) is 0. The largest absolute Gasteiger partial charge is 0.396 e. The Morgan fingerprint density at radius 1 is 1.44 bits per heavy atom. The molecule has 0 spiro atoms. The van der Waals surface area contributed by atoms with Crippen molar-refractivity contribution in [2.75, 3.05) is 36.8 Å². The molecule has 18 heavy (non-hydrogen) atoms. The zero-order chi connectivity index (χ0) is 13.0. The average Bonchev–Trinajstić information content (AvgIpc) is 2.42. The van der Waals surface area contributed by atoms with Crippen molar-refractivity contribution in [3.05, 3.63) is 18.5 Å². The Bertz CT molecular complexity index is 431. The lowest BCUT2D eigenvalue weighted by atomic mass is 10.1. The van der Waals surface area contributed by atoms with E-state index >= 15 is 0 Å². The minimum absolute atomic E-state index is 0.0435. The number of aromatic nitrogens is 1. The van der Waals surface area contributed by atoms with Gasteiger partial charge in [0.25, 0.3) is 0 Å². The first-order valence-corrected chi connectivity index (χ1v) is 6.34. The number of nitriles is 1. The molecule has 0 saturated carbocycles. The molecule has 1 atom stereocenters. The number of nitrogens with two attached hydrogens (primary N) is 1. The summed E-state index contributed by atoms with van der Waals surface area (Å²) in [6.45, 7) is 5.70. The van der Waals surface area contributed by atoms with Crippen molar-refractivity contribution in [3.63, 3.8) is 0 Å². The maximum Gasteiger partial charge on any atom is 0.0976 e. The van der Waals surface area contributed by atoms with Crippen molar-refractivity contribution in [2.45, 2.75) is 19.4 Å². The van der Waals surface area contributed by atoms with Crippen LogP contribution in [0.25, 0.3) is 0 Å². The standard InChI is InChI=1S/C13H19N5/c1-2-11(9-14)17-5-7-18(8-6-17)13-3-4-16-10-12(13)15/h3-4,10-11H,2,5-8,15H2,1H3. The topological polar surface area (TPSA) is 69.2 Å². The van der Waals surface area contributed by atoms with Gasteiger partial charge in [-0.2, -0.15) is 5.26 Å². The molecule has 1 aromatic heterocycles. The van der Waals surface area contributed by atoms with Crippen LogP contribution in [-0.2, 0) is 0 Å². The lowest BCUT2D eigenvalue weighted by Crippen LogP contribution is -2.50. The second-order valence-corrected chi connectivity index (χ2v) is 4.51. The second kappa shape index (κ2) is 5.69. The number of hydrogen-bond acceptors (Lipinski definition) is 5. The van der Waals surface area contributed by atoms with Crippen LogP contribution in [-0.4, -0.2) is 42.1 Å². The summed E-state index contributed by atoms with van der Waals surface area (Å²) >= 11 is 0. The fourth-order valence-electron chi connectivity index (χ4n) is 2.39. The molecule has 2 heterocycles. The number of anilines is 2. The van der Waals surface area contributed by atoms with Crippen molar-refractivity contribution in [1.82, 2.24) is 9.88 Å². The molecule has 1 aliphatic rings. The van der Waals surface area contributed by atoms with E-state index in [1.165, 1.54) is 0 Å². The quantitative estimate of drug-likeness (QED) is 0.863. The molecule has 0 radical (unpaired) electrons. The average molecular weight is 245 g/mol. The van der Waals surface area contributed by atoms with Gasteiger partial charge in [0.1, 0.15) is 0 Å². The smallest absolute Gasteiger partial charge is 0.0976 e. The molecule has 1 fully saturated rings. The van der Waals surface area contributed by atoms with Gasteiger partial charge in [-0.15, -0.1) is 0 Å². The van der Waals surface area contributed by atoms with Crippen LogP contribution >= 0.6 is 0 Å². The number of nitrogens with zero attached hydrogens (tertiary/aromatic N) is 4. The van der Waals surface area contributed by atoms with Crippen LogP contribution in [0.1, 0.15) is 13.3 Å². The molecule has 0 aliphatic carbocycles. The fraction of sp³-hybridized carbons (Fsp3) is 0.538. The molecule has 1 saturated heterocycles. The first-order valence-electron chi connectivity index (χ1n) is 6.34. The van der Waals surface area contributed by atoms with Crippen LogP contribution in [0.2, 0.25) is 0 Å². The first kappa shape index (κ1) is 12.7. The summed E-state index contributed by atoms with van der Waals surface area (Å²) in [6, 6.07) is 4.35. The highest BCUT2D eigenvalue weighted by Gasteiger charge is 2.23. The molecule has 2 rings (SSSR count). The van der Waals surface area contributed by atoms with E-state index in [0.29, 0.717) is 0 Å². The normalized spacial score (nSPS) is 18.3. The molecule has 0 amide bonds. The van der Waals surface area contributed by atoms with Gasteiger partial charge in [-0.1, -0.05) is 6.92 Å². The maximum atomic E-state index is 9.07. The van der Waals surface area contributed by atoms with Gasteiger partial charge >= 0.3 is 0 Å². The van der Waals surface area contributed by atoms with Crippen LogP contribution in [0.5, 0.6) is 0 Å². The van der Waals surface area contributed by atoms with E-state index in [-0.39, 0.29) is 6.04 Å². The van der Waals surface area contributed by atoms with E-state index < -0.39 is 0 Å². The Balaban J connectivity index is 1.99. The molecule has 96 valence electrons. The van der Waals surface area contributed by atoms with Gasteiger partial charge in [-0.05, 0) is 12.5 Å². The van der Waals surface area contributed by atoms with Crippen molar-refractivity contribution in [1.29, 1.82) is 5.26 Å². The number of nitrogen functional groups attached to an aromatic ring is 1. The Hall–Kier alpha value is -1.80. The molecule has 0 aromatic carbocycles. The lowest BCUT2D eigenvalue weighted by molar-refractivity contribution is 0.216. The molecule has 0 bridgehead atoms. The molecular formula is C13H19N5. The molecule has 5 nitrogen and oxygen atoms in total. The van der Waals surface area contributed by atoms with Gasteiger partial charge in [0, 0.05) is 32.4 Å². The maximum absolute atomic E-state index is 9.07. The van der Waals surface area contributed by atoms with Crippen LogP contribution in [0.4, 0.5) is 11.4 Å². The highest BCUT2D eigenvalue weighted by atomic mass is 15.3. The molecule has 2 N–H and O–H groups in total. The zero-order valence-electron chi connectivity index (χ0n) is 10.7. The van der Waals surface area contributed by atoms with Crippen molar-refractivity contribution in [2.24, 2.45) is 0 Å². The Labute approximate surface area is 108 Å². The van der Waals surface area contributed by atoms with E-state index in [1.54, 1.807) is 12.4 Å². The van der Waals surface area contributed by atoms with E-state index in [9.17, 15) is 0 Å². The predicted molar refractivity (Wildman–Crippen MR) is 72.1 cm³/mol. The highest BCUT2D eigenvalue weighted by molar-refractivity contribution is 5.66.